The highest BCUT2D eigenvalue weighted by atomic mass is 16.5. The molecule has 1 atom stereocenters. The van der Waals surface area contributed by atoms with E-state index in [0.717, 1.165) is 37.9 Å². The summed E-state index contributed by atoms with van der Waals surface area (Å²) in [5.41, 5.74) is 8.63. The molecular formula is C15H17N3O. The molecule has 1 aromatic carbocycles. The van der Waals surface area contributed by atoms with Gasteiger partial charge in [0.15, 0.2) is 5.82 Å². The minimum absolute atomic E-state index is 0.275. The summed E-state index contributed by atoms with van der Waals surface area (Å²) in [5.74, 6) is 1.70. The minimum Gasteiger partial charge on any atom is -0.337 e. The second-order valence-corrected chi connectivity index (χ2v) is 5.76. The van der Waals surface area contributed by atoms with Gasteiger partial charge in [-0.25, -0.2) is 0 Å². The topological polar surface area (TPSA) is 64.9 Å². The molecule has 2 N–H and O–H groups in total. The van der Waals surface area contributed by atoms with Gasteiger partial charge in [-0.1, -0.05) is 29.4 Å². The molecule has 4 nitrogen and oxygen atoms in total. The summed E-state index contributed by atoms with van der Waals surface area (Å²) in [5, 5.41) is 4.18. The molecule has 2 aliphatic rings. The Morgan fingerprint density at radius 3 is 2.89 bits per heavy atom. The molecule has 98 valence electrons. The van der Waals surface area contributed by atoms with Crippen molar-refractivity contribution in [2.75, 3.05) is 0 Å². The predicted octanol–water partition coefficient (Wildman–Crippen LogP) is 2.49. The number of benzene rings is 1. The highest BCUT2D eigenvalue weighted by Crippen LogP contribution is 2.40. The lowest BCUT2D eigenvalue weighted by molar-refractivity contribution is 0.181. The van der Waals surface area contributed by atoms with E-state index in [1.807, 2.05) is 0 Å². The summed E-state index contributed by atoms with van der Waals surface area (Å²) in [6.45, 7) is 0. The zero-order chi connectivity index (χ0) is 12.9. The number of rotatable bonds is 2. The number of nitrogens with two attached hydrogens (primary N) is 1. The predicted molar refractivity (Wildman–Crippen MR) is 70.6 cm³/mol. The van der Waals surface area contributed by atoms with E-state index in [9.17, 15) is 0 Å². The lowest BCUT2D eigenvalue weighted by Crippen LogP contribution is -2.43. The van der Waals surface area contributed by atoms with Gasteiger partial charge in [-0.2, -0.15) is 4.98 Å². The second kappa shape index (κ2) is 3.90. The van der Waals surface area contributed by atoms with E-state index in [0.29, 0.717) is 5.89 Å². The first-order valence-electron chi connectivity index (χ1n) is 6.97. The van der Waals surface area contributed by atoms with Crippen molar-refractivity contribution in [3.8, 4) is 0 Å². The van der Waals surface area contributed by atoms with Crippen LogP contribution in [0, 0.1) is 0 Å². The molecule has 0 bridgehead atoms. The van der Waals surface area contributed by atoms with Crippen LogP contribution in [-0.4, -0.2) is 10.1 Å². The molecular weight excluding hydrogens is 238 g/mol. The SMILES string of the molecule is NC1(c2nc(C3CCc4ccccc43)no2)CCC1. The minimum atomic E-state index is -0.358. The number of aromatic nitrogens is 2. The van der Waals surface area contributed by atoms with Gasteiger partial charge in [0, 0.05) is 5.92 Å². The van der Waals surface area contributed by atoms with E-state index in [4.69, 9.17) is 10.3 Å². The standard InChI is InChI=1S/C15H17N3O/c16-15(8-3-9-15)14-17-13(18-19-14)12-7-6-10-4-1-2-5-11(10)12/h1-2,4-5,12H,3,6-9,16H2. The molecule has 0 aliphatic heterocycles. The molecule has 1 saturated carbocycles. The van der Waals surface area contributed by atoms with Crippen LogP contribution in [0.15, 0.2) is 28.8 Å². The van der Waals surface area contributed by atoms with Crippen LogP contribution in [0.4, 0.5) is 0 Å². The van der Waals surface area contributed by atoms with Gasteiger partial charge in [0.2, 0.25) is 5.89 Å². The first-order valence-corrected chi connectivity index (χ1v) is 6.97. The van der Waals surface area contributed by atoms with Crippen LogP contribution >= 0.6 is 0 Å². The highest BCUT2D eigenvalue weighted by molar-refractivity contribution is 5.38. The van der Waals surface area contributed by atoms with Gasteiger partial charge >= 0.3 is 0 Å². The first kappa shape index (κ1) is 11.2. The number of hydrogen-bond acceptors (Lipinski definition) is 4. The normalized spacial score (nSPS) is 23.9. The summed E-state index contributed by atoms with van der Waals surface area (Å²) >= 11 is 0. The Bertz CT molecular complexity index is 615. The molecule has 2 aromatic rings. The van der Waals surface area contributed by atoms with Gasteiger partial charge in [-0.3, -0.25) is 0 Å². The quantitative estimate of drug-likeness (QED) is 0.895. The maximum absolute atomic E-state index is 6.23. The fourth-order valence-electron chi connectivity index (χ4n) is 3.18. The summed E-state index contributed by atoms with van der Waals surface area (Å²) in [4.78, 5) is 4.58. The molecule has 2 aliphatic carbocycles. The van der Waals surface area contributed by atoms with E-state index >= 15 is 0 Å². The Hall–Kier alpha value is -1.68. The number of nitrogens with zero attached hydrogens (tertiary/aromatic N) is 2. The van der Waals surface area contributed by atoms with Gasteiger partial charge in [0.05, 0.1) is 5.54 Å². The molecule has 4 heteroatoms. The average Bonchev–Trinajstić information content (AvgIpc) is 3.02. The van der Waals surface area contributed by atoms with Crippen LogP contribution in [-0.2, 0) is 12.0 Å². The third kappa shape index (κ3) is 1.63. The third-order valence-electron chi connectivity index (χ3n) is 4.56. The maximum Gasteiger partial charge on any atom is 0.246 e. The Morgan fingerprint density at radius 1 is 1.26 bits per heavy atom. The van der Waals surface area contributed by atoms with E-state index < -0.39 is 0 Å². The van der Waals surface area contributed by atoms with Crippen LogP contribution in [0.1, 0.15) is 54.4 Å². The third-order valence-corrected chi connectivity index (χ3v) is 4.56. The number of hydrogen-bond donors (Lipinski definition) is 1. The Morgan fingerprint density at radius 2 is 2.11 bits per heavy atom. The van der Waals surface area contributed by atoms with Gasteiger partial charge in [0.25, 0.3) is 0 Å². The molecule has 0 amide bonds. The van der Waals surface area contributed by atoms with Gasteiger partial charge in [0.1, 0.15) is 0 Å². The molecule has 0 radical (unpaired) electrons. The molecule has 1 unspecified atom stereocenters. The largest absolute Gasteiger partial charge is 0.337 e. The second-order valence-electron chi connectivity index (χ2n) is 5.76. The van der Waals surface area contributed by atoms with Crippen LogP contribution in [0.3, 0.4) is 0 Å². The van der Waals surface area contributed by atoms with Crippen molar-refractivity contribution in [2.24, 2.45) is 5.73 Å². The molecule has 0 saturated heterocycles. The van der Waals surface area contributed by atoms with Crippen LogP contribution in [0.2, 0.25) is 0 Å². The Balaban J connectivity index is 1.67. The molecule has 1 heterocycles. The fraction of sp³-hybridized carbons (Fsp3) is 0.467. The average molecular weight is 255 g/mol. The summed E-state index contributed by atoms with van der Waals surface area (Å²) in [6, 6.07) is 8.53. The van der Waals surface area contributed by atoms with E-state index in [2.05, 4.69) is 34.4 Å². The van der Waals surface area contributed by atoms with Crippen molar-refractivity contribution < 1.29 is 4.52 Å². The highest BCUT2D eigenvalue weighted by Gasteiger charge is 2.40. The van der Waals surface area contributed by atoms with E-state index in [1.54, 1.807) is 0 Å². The van der Waals surface area contributed by atoms with Gasteiger partial charge in [-0.05, 0) is 43.2 Å². The van der Waals surface area contributed by atoms with Crippen molar-refractivity contribution in [1.82, 2.24) is 10.1 Å². The first-order chi connectivity index (χ1) is 9.26. The smallest absolute Gasteiger partial charge is 0.246 e. The van der Waals surface area contributed by atoms with Crippen molar-refractivity contribution in [2.45, 2.75) is 43.6 Å². The lowest BCUT2D eigenvalue weighted by atomic mass is 9.78. The molecule has 19 heavy (non-hydrogen) atoms. The number of fused-ring (bicyclic) bond motifs is 1. The van der Waals surface area contributed by atoms with Crippen molar-refractivity contribution >= 4 is 0 Å². The summed E-state index contributed by atoms with van der Waals surface area (Å²) < 4.78 is 5.41. The Kier molecular flexibility index (Phi) is 2.30. The molecule has 1 fully saturated rings. The molecule has 4 rings (SSSR count). The van der Waals surface area contributed by atoms with Crippen LogP contribution in [0.25, 0.3) is 0 Å². The van der Waals surface area contributed by atoms with Crippen molar-refractivity contribution in [3.05, 3.63) is 47.1 Å². The molecule has 1 aromatic heterocycles. The molecule has 0 spiro atoms. The van der Waals surface area contributed by atoms with E-state index in [-0.39, 0.29) is 11.5 Å². The zero-order valence-electron chi connectivity index (χ0n) is 10.8. The monoisotopic (exact) mass is 255 g/mol. The maximum atomic E-state index is 6.23. The van der Waals surface area contributed by atoms with E-state index in [1.165, 1.54) is 11.1 Å². The van der Waals surface area contributed by atoms with Gasteiger partial charge in [-0.15, -0.1) is 0 Å². The fourth-order valence-corrected chi connectivity index (χ4v) is 3.18. The summed E-state index contributed by atoms with van der Waals surface area (Å²) in [7, 11) is 0. The zero-order valence-corrected chi connectivity index (χ0v) is 10.8. The lowest BCUT2D eigenvalue weighted by Gasteiger charge is -2.33. The van der Waals surface area contributed by atoms with Crippen molar-refractivity contribution in [1.29, 1.82) is 0 Å². The summed E-state index contributed by atoms with van der Waals surface area (Å²) in [6.07, 6.45) is 5.22. The van der Waals surface area contributed by atoms with Crippen molar-refractivity contribution in [3.63, 3.8) is 0 Å². The number of aryl methyl sites for hydroxylation is 1. The van der Waals surface area contributed by atoms with Crippen LogP contribution < -0.4 is 5.73 Å². The van der Waals surface area contributed by atoms with Gasteiger partial charge < -0.3 is 10.3 Å². The Labute approximate surface area is 112 Å². The van der Waals surface area contributed by atoms with Crippen LogP contribution in [0.5, 0.6) is 0 Å².